The predicted octanol–water partition coefficient (Wildman–Crippen LogP) is 2.44. The van der Waals surface area contributed by atoms with Crippen LogP contribution in [0.1, 0.15) is 21.9 Å². The summed E-state index contributed by atoms with van der Waals surface area (Å²) in [5.74, 6) is 0.280. The number of imidazole rings is 1. The van der Waals surface area contributed by atoms with Crippen molar-refractivity contribution in [3.8, 4) is 0 Å². The van der Waals surface area contributed by atoms with Gasteiger partial charge in [0.15, 0.2) is 0 Å². The van der Waals surface area contributed by atoms with E-state index >= 15 is 0 Å². The minimum atomic E-state index is -0.421. The number of hydrogen-bond donors (Lipinski definition) is 1. The zero-order valence-corrected chi connectivity index (χ0v) is 9.99. The summed E-state index contributed by atoms with van der Waals surface area (Å²) in [4.78, 5) is 18.2. The molecule has 2 aromatic rings. The van der Waals surface area contributed by atoms with Crippen molar-refractivity contribution in [2.45, 2.75) is 6.42 Å². The molecule has 0 saturated heterocycles. The molecular formula is C12H11ClN2O2. The van der Waals surface area contributed by atoms with Crippen LogP contribution in [0.5, 0.6) is 0 Å². The van der Waals surface area contributed by atoms with Crippen molar-refractivity contribution in [3.63, 3.8) is 0 Å². The number of nitrogens with one attached hydrogen (secondary N) is 1. The zero-order chi connectivity index (χ0) is 12.3. The number of esters is 1. The van der Waals surface area contributed by atoms with Gasteiger partial charge in [-0.25, -0.2) is 9.78 Å². The average Bonchev–Trinajstić information content (AvgIpc) is 2.76. The van der Waals surface area contributed by atoms with Gasteiger partial charge in [0.05, 0.1) is 13.3 Å². The number of halogens is 1. The Labute approximate surface area is 104 Å². The molecule has 1 aromatic carbocycles. The molecular weight excluding hydrogens is 240 g/mol. The minimum absolute atomic E-state index is 0.351. The van der Waals surface area contributed by atoms with Crippen LogP contribution in [0.4, 0.5) is 0 Å². The van der Waals surface area contributed by atoms with Crippen molar-refractivity contribution in [1.82, 2.24) is 9.97 Å². The van der Waals surface area contributed by atoms with Gasteiger partial charge in [0.25, 0.3) is 0 Å². The maximum absolute atomic E-state index is 11.2. The fraction of sp³-hybridized carbons (Fsp3) is 0.167. The molecule has 0 unspecified atom stereocenters. The molecule has 88 valence electrons. The van der Waals surface area contributed by atoms with E-state index in [-0.39, 0.29) is 0 Å². The molecule has 2 rings (SSSR count). The lowest BCUT2D eigenvalue weighted by Crippen LogP contribution is -2.01. The molecule has 0 amide bonds. The number of benzene rings is 1. The third-order valence-electron chi connectivity index (χ3n) is 2.29. The van der Waals surface area contributed by atoms with Crippen LogP contribution in [0.2, 0.25) is 5.02 Å². The highest BCUT2D eigenvalue weighted by Gasteiger charge is 2.09. The second kappa shape index (κ2) is 5.01. The Morgan fingerprint density at radius 2 is 2.35 bits per heavy atom. The first-order valence-corrected chi connectivity index (χ1v) is 5.43. The zero-order valence-electron chi connectivity index (χ0n) is 9.24. The highest BCUT2D eigenvalue weighted by molar-refractivity contribution is 6.30. The van der Waals surface area contributed by atoms with Crippen LogP contribution in [0.15, 0.2) is 30.5 Å². The fourth-order valence-electron chi connectivity index (χ4n) is 1.51. The van der Waals surface area contributed by atoms with E-state index in [1.54, 1.807) is 0 Å². The van der Waals surface area contributed by atoms with Crippen LogP contribution in [0, 0.1) is 0 Å². The van der Waals surface area contributed by atoms with Gasteiger partial charge in [-0.15, -0.1) is 0 Å². The first-order valence-electron chi connectivity index (χ1n) is 5.05. The molecule has 0 aliphatic carbocycles. The Morgan fingerprint density at radius 3 is 3.06 bits per heavy atom. The van der Waals surface area contributed by atoms with E-state index in [1.807, 2.05) is 24.3 Å². The number of nitrogens with zero attached hydrogens (tertiary/aromatic N) is 1. The molecule has 0 atom stereocenters. The number of carbonyl (C=O) groups excluding carboxylic acids is 1. The first kappa shape index (κ1) is 11.7. The monoisotopic (exact) mass is 250 g/mol. The SMILES string of the molecule is COC(=O)c1cnc(Cc2cccc(Cl)c2)[nH]1. The van der Waals surface area contributed by atoms with Crippen LogP contribution < -0.4 is 0 Å². The number of aromatic amines is 1. The lowest BCUT2D eigenvalue weighted by Gasteiger charge is -1.99. The summed E-state index contributed by atoms with van der Waals surface area (Å²) in [7, 11) is 1.33. The number of methoxy groups -OCH3 is 1. The summed E-state index contributed by atoms with van der Waals surface area (Å²) >= 11 is 5.88. The second-order valence-corrected chi connectivity index (χ2v) is 3.98. The van der Waals surface area contributed by atoms with Crippen molar-refractivity contribution in [2.24, 2.45) is 0 Å². The number of ether oxygens (including phenoxy) is 1. The van der Waals surface area contributed by atoms with Crippen molar-refractivity contribution >= 4 is 17.6 Å². The lowest BCUT2D eigenvalue weighted by molar-refractivity contribution is 0.0594. The molecule has 1 N–H and O–H groups in total. The molecule has 5 heteroatoms. The first-order chi connectivity index (χ1) is 8.19. The molecule has 4 nitrogen and oxygen atoms in total. The summed E-state index contributed by atoms with van der Waals surface area (Å²) in [6.07, 6.45) is 2.06. The van der Waals surface area contributed by atoms with Crippen LogP contribution in [-0.4, -0.2) is 23.0 Å². The number of carbonyl (C=O) groups is 1. The smallest absolute Gasteiger partial charge is 0.356 e. The summed E-state index contributed by atoms with van der Waals surface area (Å²) < 4.78 is 4.59. The van der Waals surface area contributed by atoms with Crippen LogP contribution >= 0.6 is 11.6 Å². The molecule has 0 radical (unpaired) electrons. The lowest BCUT2D eigenvalue weighted by atomic mass is 10.1. The van der Waals surface area contributed by atoms with Gasteiger partial charge in [0.1, 0.15) is 11.5 Å². The minimum Gasteiger partial charge on any atom is -0.464 e. The molecule has 1 heterocycles. The summed E-state index contributed by atoms with van der Waals surface area (Å²) in [6, 6.07) is 7.50. The van der Waals surface area contributed by atoms with Gasteiger partial charge in [0, 0.05) is 11.4 Å². The van der Waals surface area contributed by atoms with Gasteiger partial charge in [-0.3, -0.25) is 0 Å². The van der Waals surface area contributed by atoms with Crippen molar-refractivity contribution < 1.29 is 9.53 Å². The molecule has 0 aliphatic heterocycles. The van der Waals surface area contributed by atoms with Gasteiger partial charge >= 0.3 is 5.97 Å². The third kappa shape index (κ3) is 2.85. The van der Waals surface area contributed by atoms with E-state index in [2.05, 4.69) is 14.7 Å². The van der Waals surface area contributed by atoms with E-state index in [0.29, 0.717) is 23.0 Å². The number of aromatic nitrogens is 2. The topological polar surface area (TPSA) is 55.0 Å². The average molecular weight is 251 g/mol. The largest absolute Gasteiger partial charge is 0.464 e. The molecule has 0 fully saturated rings. The highest BCUT2D eigenvalue weighted by atomic mass is 35.5. The molecule has 0 bridgehead atoms. The predicted molar refractivity (Wildman–Crippen MR) is 64.2 cm³/mol. The van der Waals surface area contributed by atoms with Gasteiger partial charge < -0.3 is 9.72 Å². The maximum Gasteiger partial charge on any atom is 0.356 e. The molecule has 0 spiro atoms. The van der Waals surface area contributed by atoms with Crippen LogP contribution in [0.3, 0.4) is 0 Å². The normalized spacial score (nSPS) is 10.2. The highest BCUT2D eigenvalue weighted by Crippen LogP contribution is 2.13. The Balaban J connectivity index is 2.14. The van der Waals surface area contributed by atoms with Crippen LogP contribution in [-0.2, 0) is 11.2 Å². The summed E-state index contributed by atoms with van der Waals surface area (Å²) in [5, 5.41) is 0.683. The third-order valence-corrected chi connectivity index (χ3v) is 2.53. The van der Waals surface area contributed by atoms with Crippen LogP contribution in [0.25, 0.3) is 0 Å². The van der Waals surface area contributed by atoms with E-state index < -0.39 is 5.97 Å². The summed E-state index contributed by atoms with van der Waals surface area (Å²) in [6.45, 7) is 0. The van der Waals surface area contributed by atoms with Gasteiger partial charge in [0.2, 0.25) is 0 Å². The van der Waals surface area contributed by atoms with Gasteiger partial charge in [-0.05, 0) is 17.7 Å². The van der Waals surface area contributed by atoms with Crippen molar-refractivity contribution in [3.05, 3.63) is 52.6 Å². The Morgan fingerprint density at radius 1 is 1.53 bits per heavy atom. The van der Waals surface area contributed by atoms with Crippen molar-refractivity contribution in [1.29, 1.82) is 0 Å². The van der Waals surface area contributed by atoms with E-state index in [1.165, 1.54) is 13.3 Å². The van der Waals surface area contributed by atoms with Gasteiger partial charge in [-0.1, -0.05) is 23.7 Å². The number of H-pyrrole nitrogens is 1. The van der Waals surface area contributed by atoms with E-state index in [9.17, 15) is 4.79 Å². The standard InChI is InChI=1S/C12H11ClN2O2/c1-17-12(16)10-7-14-11(15-10)6-8-3-2-4-9(13)5-8/h2-5,7H,6H2,1H3,(H,14,15). The fourth-order valence-corrected chi connectivity index (χ4v) is 1.72. The second-order valence-electron chi connectivity index (χ2n) is 3.54. The molecule has 0 saturated carbocycles. The Hall–Kier alpha value is -1.81. The Bertz CT molecular complexity index is 537. The molecule has 17 heavy (non-hydrogen) atoms. The maximum atomic E-state index is 11.2. The number of hydrogen-bond acceptors (Lipinski definition) is 3. The van der Waals surface area contributed by atoms with Crippen molar-refractivity contribution in [2.75, 3.05) is 7.11 Å². The van der Waals surface area contributed by atoms with Gasteiger partial charge in [-0.2, -0.15) is 0 Å². The molecule has 1 aromatic heterocycles. The summed E-state index contributed by atoms with van der Waals surface area (Å²) in [5.41, 5.74) is 1.38. The number of rotatable bonds is 3. The molecule has 0 aliphatic rings. The Kier molecular flexibility index (Phi) is 3.44. The van der Waals surface area contributed by atoms with E-state index in [0.717, 1.165) is 5.56 Å². The quantitative estimate of drug-likeness (QED) is 0.852. The van der Waals surface area contributed by atoms with E-state index in [4.69, 9.17) is 11.6 Å².